The van der Waals surface area contributed by atoms with E-state index >= 15 is 0 Å². The first-order chi connectivity index (χ1) is 10.1. The van der Waals surface area contributed by atoms with Crippen molar-refractivity contribution in [1.29, 1.82) is 0 Å². The second-order valence-corrected chi connectivity index (χ2v) is 6.56. The number of carboxylic acid groups (broad SMARTS) is 1. The number of carbonyl (C=O) groups is 2. The van der Waals surface area contributed by atoms with E-state index in [4.69, 9.17) is 5.11 Å². The fraction of sp³-hybridized carbons (Fsp3) is 0.500. The van der Waals surface area contributed by atoms with Crippen LogP contribution in [0.4, 0.5) is 4.39 Å². The Bertz CT molecular complexity index is 613. The summed E-state index contributed by atoms with van der Waals surface area (Å²) in [5, 5.41) is 11.7. The highest BCUT2D eigenvalue weighted by Crippen LogP contribution is 2.43. The second kappa shape index (κ2) is 5.68. The maximum Gasteiger partial charge on any atom is 0.335 e. The maximum atomic E-state index is 13.9. The lowest BCUT2D eigenvalue weighted by Crippen LogP contribution is -2.65. The third-order valence-electron chi connectivity index (χ3n) is 4.61. The molecule has 0 aliphatic heterocycles. The summed E-state index contributed by atoms with van der Waals surface area (Å²) in [7, 11) is 3.99. The van der Waals surface area contributed by atoms with Crippen molar-refractivity contribution in [3.8, 4) is 0 Å². The van der Waals surface area contributed by atoms with Crippen LogP contribution in [0.15, 0.2) is 18.2 Å². The summed E-state index contributed by atoms with van der Waals surface area (Å²) in [6.07, 6.45) is 0.806. The predicted molar refractivity (Wildman–Crippen MR) is 80.5 cm³/mol. The van der Waals surface area contributed by atoms with E-state index in [1.807, 2.05) is 14.1 Å². The lowest BCUT2D eigenvalue weighted by Gasteiger charge is -2.55. The van der Waals surface area contributed by atoms with E-state index in [2.05, 4.69) is 24.1 Å². The highest BCUT2D eigenvalue weighted by molar-refractivity contribution is 5.96. The fourth-order valence-electron chi connectivity index (χ4n) is 3.09. The zero-order valence-corrected chi connectivity index (χ0v) is 13.2. The molecule has 1 aliphatic rings. The van der Waals surface area contributed by atoms with Gasteiger partial charge in [-0.2, -0.15) is 0 Å². The number of carbonyl (C=O) groups excluding carboxylic acids is 1. The predicted octanol–water partition coefficient (Wildman–Crippen LogP) is 1.98. The summed E-state index contributed by atoms with van der Waals surface area (Å²) in [5.41, 5.74) is -0.406. The van der Waals surface area contributed by atoms with Gasteiger partial charge in [-0.05, 0) is 38.7 Å². The molecule has 6 heteroatoms. The Labute approximate surface area is 129 Å². The van der Waals surface area contributed by atoms with E-state index in [1.165, 1.54) is 12.1 Å². The van der Waals surface area contributed by atoms with Gasteiger partial charge in [0, 0.05) is 17.5 Å². The summed E-state index contributed by atoms with van der Waals surface area (Å²) in [6.45, 7) is 4.13. The number of aromatic carboxylic acids is 1. The van der Waals surface area contributed by atoms with Crippen molar-refractivity contribution in [3.05, 3.63) is 35.1 Å². The zero-order valence-electron chi connectivity index (χ0n) is 13.2. The van der Waals surface area contributed by atoms with Gasteiger partial charge >= 0.3 is 5.97 Å². The molecule has 0 bridgehead atoms. The monoisotopic (exact) mass is 308 g/mol. The fourth-order valence-corrected chi connectivity index (χ4v) is 3.09. The van der Waals surface area contributed by atoms with Crippen molar-refractivity contribution >= 4 is 11.9 Å². The third-order valence-corrected chi connectivity index (χ3v) is 4.61. The van der Waals surface area contributed by atoms with Crippen LogP contribution in [0.3, 0.4) is 0 Å². The lowest BCUT2D eigenvalue weighted by molar-refractivity contribution is -0.0107. The van der Waals surface area contributed by atoms with Crippen molar-refractivity contribution in [2.45, 2.75) is 32.4 Å². The van der Waals surface area contributed by atoms with Gasteiger partial charge in [-0.3, -0.25) is 4.79 Å². The molecule has 1 aliphatic carbocycles. The first kappa shape index (κ1) is 16.4. The largest absolute Gasteiger partial charge is 0.478 e. The van der Waals surface area contributed by atoms with Gasteiger partial charge in [0.2, 0.25) is 0 Å². The van der Waals surface area contributed by atoms with Crippen LogP contribution < -0.4 is 5.32 Å². The van der Waals surface area contributed by atoms with Crippen LogP contribution in [0.25, 0.3) is 0 Å². The molecule has 0 saturated heterocycles. The van der Waals surface area contributed by atoms with Crippen LogP contribution in [0.5, 0.6) is 0 Å². The quantitative estimate of drug-likeness (QED) is 0.892. The molecule has 2 unspecified atom stereocenters. The first-order valence-electron chi connectivity index (χ1n) is 7.14. The number of rotatable bonds is 4. The molecule has 0 heterocycles. The minimum atomic E-state index is -1.22. The Morgan fingerprint density at radius 3 is 2.45 bits per heavy atom. The highest BCUT2D eigenvalue weighted by atomic mass is 19.1. The SMILES string of the molecule is CN(C)C1CC(NC(=O)c2ccc(C(=O)O)cc2F)C1(C)C. The van der Waals surface area contributed by atoms with E-state index in [1.54, 1.807) is 0 Å². The molecular formula is C16H21FN2O3. The van der Waals surface area contributed by atoms with Crippen molar-refractivity contribution in [2.75, 3.05) is 14.1 Å². The maximum absolute atomic E-state index is 13.9. The van der Waals surface area contributed by atoms with Crippen molar-refractivity contribution in [3.63, 3.8) is 0 Å². The molecule has 120 valence electrons. The van der Waals surface area contributed by atoms with Crippen LogP contribution >= 0.6 is 0 Å². The molecule has 1 fully saturated rings. The summed E-state index contributed by atoms with van der Waals surface area (Å²) in [6, 6.07) is 3.63. The Kier molecular flexibility index (Phi) is 4.24. The number of halogens is 1. The standard InChI is InChI=1S/C16H21FN2O3/c1-16(2)12(8-13(16)19(3)4)18-14(20)10-6-5-9(15(21)22)7-11(10)17/h5-7,12-13H,8H2,1-4H3,(H,18,20)(H,21,22). The molecule has 2 N–H and O–H groups in total. The molecule has 1 aromatic rings. The highest BCUT2D eigenvalue weighted by Gasteiger charge is 2.49. The van der Waals surface area contributed by atoms with Gasteiger partial charge in [0.1, 0.15) is 5.82 Å². The number of carboxylic acids is 1. The van der Waals surface area contributed by atoms with Crippen LogP contribution in [-0.2, 0) is 0 Å². The first-order valence-corrected chi connectivity index (χ1v) is 7.14. The number of amides is 1. The van der Waals surface area contributed by atoms with Gasteiger partial charge in [-0.15, -0.1) is 0 Å². The minimum Gasteiger partial charge on any atom is -0.478 e. The van der Waals surface area contributed by atoms with Gasteiger partial charge < -0.3 is 15.3 Å². The minimum absolute atomic E-state index is 0.0362. The molecule has 0 radical (unpaired) electrons. The van der Waals surface area contributed by atoms with Gasteiger partial charge in [0.15, 0.2) is 0 Å². The summed E-state index contributed by atoms with van der Waals surface area (Å²) >= 11 is 0. The van der Waals surface area contributed by atoms with Crippen molar-refractivity contribution < 1.29 is 19.1 Å². The number of nitrogens with one attached hydrogen (secondary N) is 1. The molecular weight excluding hydrogens is 287 g/mol. The number of hydrogen-bond donors (Lipinski definition) is 2. The van der Waals surface area contributed by atoms with Gasteiger partial charge in [-0.1, -0.05) is 13.8 Å². The molecule has 1 aromatic carbocycles. The Morgan fingerprint density at radius 1 is 1.36 bits per heavy atom. The van der Waals surface area contributed by atoms with E-state index in [-0.39, 0.29) is 22.6 Å². The lowest BCUT2D eigenvalue weighted by atomic mass is 9.62. The normalized spacial score (nSPS) is 23.0. The molecule has 1 amide bonds. The average Bonchev–Trinajstić information content (AvgIpc) is 2.41. The second-order valence-electron chi connectivity index (χ2n) is 6.56. The average molecular weight is 308 g/mol. The molecule has 22 heavy (non-hydrogen) atoms. The van der Waals surface area contributed by atoms with Gasteiger partial charge in [0.25, 0.3) is 5.91 Å². The van der Waals surface area contributed by atoms with E-state index in [0.717, 1.165) is 12.5 Å². The van der Waals surface area contributed by atoms with Crippen LogP contribution in [0, 0.1) is 11.2 Å². The molecule has 2 rings (SSSR count). The molecule has 0 spiro atoms. The summed E-state index contributed by atoms with van der Waals surface area (Å²) < 4.78 is 13.9. The Hall–Kier alpha value is -1.95. The van der Waals surface area contributed by atoms with Crippen LogP contribution in [0.1, 0.15) is 41.0 Å². The van der Waals surface area contributed by atoms with Crippen molar-refractivity contribution in [2.24, 2.45) is 5.41 Å². The third kappa shape index (κ3) is 2.83. The topological polar surface area (TPSA) is 69.6 Å². The van der Waals surface area contributed by atoms with E-state index in [9.17, 15) is 14.0 Å². The Morgan fingerprint density at radius 2 is 2.00 bits per heavy atom. The van der Waals surface area contributed by atoms with Crippen molar-refractivity contribution in [1.82, 2.24) is 10.2 Å². The number of nitrogens with zero attached hydrogens (tertiary/aromatic N) is 1. The summed E-state index contributed by atoms with van der Waals surface area (Å²) in [5.74, 6) is -2.55. The number of hydrogen-bond acceptors (Lipinski definition) is 3. The molecule has 0 aromatic heterocycles. The smallest absolute Gasteiger partial charge is 0.335 e. The number of benzene rings is 1. The molecule has 1 saturated carbocycles. The molecule has 5 nitrogen and oxygen atoms in total. The molecule has 2 atom stereocenters. The Balaban J connectivity index is 2.10. The van der Waals surface area contributed by atoms with E-state index in [0.29, 0.717) is 6.04 Å². The summed E-state index contributed by atoms with van der Waals surface area (Å²) in [4.78, 5) is 25.1. The van der Waals surface area contributed by atoms with Crippen LogP contribution in [0.2, 0.25) is 0 Å². The zero-order chi connectivity index (χ0) is 16.7. The van der Waals surface area contributed by atoms with Crippen LogP contribution in [-0.4, -0.2) is 48.1 Å². The van der Waals surface area contributed by atoms with E-state index < -0.39 is 17.7 Å². The van der Waals surface area contributed by atoms with Gasteiger partial charge in [-0.25, -0.2) is 9.18 Å². The van der Waals surface area contributed by atoms with Gasteiger partial charge in [0.05, 0.1) is 11.1 Å².